The summed E-state index contributed by atoms with van der Waals surface area (Å²) in [7, 11) is 1.60. The third-order valence-electron chi connectivity index (χ3n) is 5.54. The van der Waals surface area contributed by atoms with Gasteiger partial charge in [-0.05, 0) is 56.4 Å². The van der Waals surface area contributed by atoms with Crippen LogP contribution >= 0.6 is 0 Å². The predicted molar refractivity (Wildman–Crippen MR) is 102 cm³/mol. The Morgan fingerprint density at radius 1 is 1.12 bits per heavy atom. The minimum atomic E-state index is -0.920. The summed E-state index contributed by atoms with van der Waals surface area (Å²) in [5, 5.41) is 11.0. The summed E-state index contributed by atoms with van der Waals surface area (Å²) in [6.07, 6.45) is 4.51. The average Bonchev–Trinajstić information content (AvgIpc) is 3.01. The number of rotatable bonds is 4. The molecular weight excluding hydrogens is 326 g/mol. The van der Waals surface area contributed by atoms with Gasteiger partial charge in [-0.1, -0.05) is 24.3 Å². The number of carboxylic acids is 1. The van der Waals surface area contributed by atoms with Crippen LogP contribution in [0.4, 0.5) is 0 Å². The summed E-state index contributed by atoms with van der Waals surface area (Å²) in [6, 6.07) is 13.6. The van der Waals surface area contributed by atoms with Gasteiger partial charge in [0.2, 0.25) is 0 Å². The highest BCUT2D eigenvalue weighted by atomic mass is 16.5. The van der Waals surface area contributed by atoms with Gasteiger partial charge in [0.1, 0.15) is 5.75 Å². The van der Waals surface area contributed by atoms with E-state index in [1.165, 1.54) is 35.0 Å². The molecule has 0 bridgehead atoms. The SMILES string of the molecule is COc1cccc(C(=O)O)c1C(C)n1c2c(c3ccccc31)CCCC2. The standard InChI is InChI=1S/C22H23NO3/c1-14(21-17(22(24)25)10-7-13-20(21)26-2)23-18-11-5-3-8-15(18)16-9-4-6-12-19(16)23/h3,5,7-8,10-11,13-14H,4,6,9,12H2,1-2H3,(H,24,25). The summed E-state index contributed by atoms with van der Waals surface area (Å²) in [5.41, 5.74) is 4.97. The molecule has 4 rings (SSSR count). The molecule has 0 radical (unpaired) electrons. The highest BCUT2D eigenvalue weighted by Crippen LogP contribution is 2.39. The van der Waals surface area contributed by atoms with Crippen molar-refractivity contribution in [3.63, 3.8) is 0 Å². The van der Waals surface area contributed by atoms with E-state index in [9.17, 15) is 9.90 Å². The number of aryl methyl sites for hydroxylation is 1. The fraction of sp³-hybridized carbons (Fsp3) is 0.318. The van der Waals surface area contributed by atoms with Crippen LogP contribution in [0.5, 0.6) is 5.75 Å². The number of benzene rings is 2. The molecular formula is C22H23NO3. The maximum atomic E-state index is 11.9. The summed E-state index contributed by atoms with van der Waals surface area (Å²) in [4.78, 5) is 11.9. The molecule has 2 aromatic carbocycles. The third-order valence-corrected chi connectivity index (χ3v) is 5.54. The maximum Gasteiger partial charge on any atom is 0.336 e. The number of carbonyl (C=O) groups is 1. The second-order valence-electron chi connectivity index (χ2n) is 6.92. The van der Waals surface area contributed by atoms with Crippen LogP contribution in [0.25, 0.3) is 10.9 Å². The largest absolute Gasteiger partial charge is 0.496 e. The minimum absolute atomic E-state index is 0.121. The van der Waals surface area contributed by atoms with Crippen molar-refractivity contribution >= 4 is 16.9 Å². The van der Waals surface area contributed by atoms with Crippen LogP contribution in [-0.4, -0.2) is 22.8 Å². The molecule has 0 spiro atoms. The van der Waals surface area contributed by atoms with Crippen LogP contribution in [-0.2, 0) is 12.8 Å². The Morgan fingerprint density at radius 2 is 1.88 bits per heavy atom. The molecule has 1 aliphatic carbocycles. The lowest BCUT2D eigenvalue weighted by Crippen LogP contribution is -2.17. The molecule has 1 aromatic heterocycles. The number of hydrogen-bond donors (Lipinski definition) is 1. The van der Waals surface area contributed by atoms with Gasteiger partial charge < -0.3 is 14.4 Å². The first-order chi connectivity index (χ1) is 12.6. The van der Waals surface area contributed by atoms with E-state index in [4.69, 9.17) is 4.74 Å². The molecule has 1 unspecified atom stereocenters. The van der Waals surface area contributed by atoms with E-state index in [2.05, 4.69) is 35.8 Å². The minimum Gasteiger partial charge on any atom is -0.496 e. The highest BCUT2D eigenvalue weighted by Gasteiger charge is 2.27. The van der Waals surface area contributed by atoms with Gasteiger partial charge in [-0.25, -0.2) is 4.79 Å². The Balaban J connectivity index is 1.99. The number of para-hydroxylation sites is 1. The van der Waals surface area contributed by atoms with E-state index in [1.807, 2.05) is 6.07 Å². The first-order valence-corrected chi connectivity index (χ1v) is 9.14. The van der Waals surface area contributed by atoms with Gasteiger partial charge in [-0.2, -0.15) is 0 Å². The Kier molecular flexibility index (Phi) is 4.19. The number of nitrogens with zero attached hydrogens (tertiary/aromatic N) is 1. The molecule has 3 aromatic rings. The van der Waals surface area contributed by atoms with E-state index in [-0.39, 0.29) is 6.04 Å². The van der Waals surface area contributed by atoms with Crippen molar-refractivity contribution in [3.05, 3.63) is 64.8 Å². The molecule has 0 saturated heterocycles. The zero-order chi connectivity index (χ0) is 18.3. The zero-order valence-electron chi connectivity index (χ0n) is 15.2. The summed E-state index contributed by atoms with van der Waals surface area (Å²) in [6.45, 7) is 2.08. The smallest absolute Gasteiger partial charge is 0.336 e. The number of ether oxygens (including phenoxy) is 1. The van der Waals surface area contributed by atoms with Crippen molar-refractivity contribution in [1.29, 1.82) is 0 Å². The molecule has 1 N–H and O–H groups in total. The number of hydrogen-bond acceptors (Lipinski definition) is 2. The van der Waals surface area contributed by atoms with Gasteiger partial charge in [-0.3, -0.25) is 0 Å². The molecule has 0 aliphatic heterocycles. The number of methoxy groups -OCH3 is 1. The lowest BCUT2D eigenvalue weighted by Gasteiger charge is -2.24. The van der Waals surface area contributed by atoms with Crippen LogP contribution in [0.3, 0.4) is 0 Å². The molecule has 0 saturated carbocycles. The molecule has 1 heterocycles. The monoisotopic (exact) mass is 349 g/mol. The lowest BCUT2D eigenvalue weighted by molar-refractivity contribution is 0.0694. The number of aromatic nitrogens is 1. The maximum absolute atomic E-state index is 11.9. The fourth-order valence-electron chi connectivity index (χ4n) is 4.44. The van der Waals surface area contributed by atoms with E-state index >= 15 is 0 Å². The molecule has 0 amide bonds. The molecule has 1 atom stereocenters. The Morgan fingerprint density at radius 3 is 2.65 bits per heavy atom. The quantitative estimate of drug-likeness (QED) is 0.733. The van der Waals surface area contributed by atoms with Crippen LogP contribution < -0.4 is 4.74 Å². The van der Waals surface area contributed by atoms with Gasteiger partial charge in [0.15, 0.2) is 0 Å². The van der Waals surface area contributed by atoms with Gasteiger partial charge in [0.05, 0.1) is 18.7 Å². The Labute approximate surface area is 153 Å². The van der Waals surface area contributed by atoms with Crippen molar-refractivity contribution in [2.24, 2.45) is 0 Å². The van der Waals surface area contributed by atoms with Crippen LogP contribution in [0.1, 0.15) is 53.0 Å². The second kappa shape index (κ2) is 6.52. The Hall–Kier alpha value is -2.75. The molecule has 4 nitrogen and oxygen atoms in total. The zero-order valence-corrected chi connectivity index (χ0v) is 15.2. The number of aromatic carboxylic acids is 1. The fourth-order valence-corrected chi connectivity index (χ4v) is 4.44. The lowest BCUT2D eigenvalue weighted by atomic mass is 9.95. The van der Waals surface area contributed by atoms with Crippen LogP contribution in [0, 0.1) is 0 Å². The molecule has 26 heavy (non-hydrogen) atoms. The Bertz CT molecular complexity index is 986. The van der Waals surface area contributed by atoms with Crippen molar-refractivity contribution < 1.29 is 14.6 Å². The first-order valence-electron chi connectivity index (χ1n) is 9.14. The predicted octanol–water partition coefficient (Wildman–Crippen LogP) is 4.84. The first kappa shape index (κ1) is 16.7. The van der Waals surface area contributed by atoms with E-state index in [0.29, 0.717) is 11.3 Å². The normalized spacial score (nSPS) is 14.8. The van der Waals surface area contributed by atoms with Crippen molar-refractivity contribution in [1.82, 2.24) is 4.57 Å². The van der Waals surface area contributed by atoms with Gasteiger partial charge >= 0.3 is 5.97 Å². The van der Waals surface area contributed by atoms with Crippen LogP contribution in [0.2, 0.25) is 0 Å². The summed E-state index contributed by atoms with van der Waals surface area (Å²) < 4.78 is 7.86. The summed E-state index contributed by atoms with van der Waals surface area (Å²) >= 11 is 0. The number of carboxylic acid groups (broad SMARTS) is 1. The topological polar surface area (TPSA) is 51.5 Å². The highest BCUT2D eigenvalue weighted by molar-refractivity contribution is 5.91. The van der Waals surface area contributed by atoms with Gasteiger partial charge in [-0.15, -0.1) is 0 Å². The van der Waals surface area contributed by atoms with Crippen molar-refractivity contribution in [2.75, 3.05) is 7.11 Å². The molecule has 0 fully saturated rings. The van der Waals surface area contributed by atoms with E-state index in [0.717, 1.165) is 18.4 Å². The summed E-state index contributed by atoms with van der Waals surface area (Å²) in [5.74, 6) is -0.296. The van der Waals surface area contributed by atoms with Crippen LogP contribution in [0.15, 0.2) is 42.5 Å². The molecule has 4 heteroatoms. The van der Waals surface area contributed by atoms with E-state index < -0.39 is 5.97 Å². The molecule has 134 valence electrons. The van der Waals surface area contributed by atoms with Gasteiger partial charge in [0, 0.05) is 22.2 Å². The number of fused-ring (bicyclic) bond motifs is 3. The average molecular weight is 349 g/mol. The van der Waals surface area contributed by atoms with Crippen molar-refractivity contribution in [3.8, 4) is 5.75 Å². The van der Waals surface area contributed by atoms with E-state index in [1.54, 1.807) is 19.2 Å². The van der Waals surface area contributed by atoms with Gasteiger partial charge in [0.25, 0.3) is 0 Å². The molecule has 1 aliphatic rings. The second-order valence-corrected chi connectivity index (χ2v) is 6.92. The third kappa shape index (κ3) is 2.48. The van der Waals surface area contributed by atoms with Crippen molar-refractivity contribution in [2.45, 2.75) is 38.6 Å².